The SMILES string of the molecule is Nc1c(OCC[n+]2cc[nH]c2)nn2c1CCCC2. The summed E-state index contributed by atoms with van der Waals surface area (Å²) in [4.78, 5) is 2.99. The second-order valence-electron chi connectivity index (χ2n) is 4.54. The van der Waals surface area contributed by atoms with Gasteiger partial charge < -0.3 is 10.5 Å². The molecule has 2 aromatic heterocycles. The van der Waals surface area contributed by atoms with Crippen molar-refractivity contribution in [2.24, 2.45) is 0 Å². The van der Waals surface area contributed by atoms with Crippen LogP contribution in [0, 0.1) is 0 Å². The van der Waals surface area contributed by atoms with Crippen LogP contribution in [0.5, 0.6) is 5.88 Å². The summed E-state index contributed by atoms with van der Waals surface area (Å²) < 4.78 is 9.67. The minimum absolute atomic E-state index is 0.573. The number of hydrogen-bond donors (Lipinski definition) is 2. The number of aryl methyl sites for hydroxylation is 1. The molecule has 0 bridgehead atoms. The standard InChI is InChI=1S/C12H17N5O/c13-11-10-3-1-2-5-17(10)15-12(11)18-8-7-16-6-4-14-9-16/h4,6,9H,1-3,5,7-8,13H2/p+1. The fraction of sp³-hybridized carbons (Fsp3) is 0.500. The third kappa shape index (κ3) is 2.05. The molecule has 6 heteroatoms. The zero-order valence-electron chi connectivity index (χ0n) is 10.3. The van der Waals surface area contributed by atoms with Gasteiger partial charge in [0.05, 0.1) is 5.69 Å². The molecule has 0 aliphatic carbocycles. The van der Waals surface area contributed by atoms with Crippen molar-refractivity contribution in [2.45, 2.75) is 32.4 Å². The van der Waals surface area contributed by atoms with Crippen molar-refractivity contribution < 1.29 is 9.30 Å². The lowest BCUT2D eigenvalue weighted by atomic mass is 10.1. The number of rotatable bonds is 4. The van der Waals surface area contributed by atoms with Crippen LogP contribution in [0.15, 0.2) is 18.7 Å². The molecule has 0 saturated carbocycles. The fourth-order valence-corrected chi connectivity index (χ4v) is 2.30. The van der Waals surface area contributed by atoms with Crippen molar-refractivity contribution in [1.29, 1.82) is 0 Å². The van der Waals surface area contributed by atoms with Crippen LogP contribution in [0.25, 0.3) is 0 Å². The average molecular weight is 248 g/mol. The van der Waals surface area contributed by atoms with E-state index in [4.69, 9.17) is 10.5 Å². The summed E-state index contributed by atoms with van der Waals surface area (Å²) >= 11 is 0. The van der Waals surface area contributed by atoms with Crippen LogP contribution in [0.2, 0.25) is 0 Å². The van der Waals surface area contributed by atoms with Crippen LogP contribution in [-0.2, 0) is 19.5 Å². The Morgan fingerprint density at radius 3 is 3.22 bits per heavy atom. The number of nitrogens with two attached hydrogens (primary N) is 1. The lowest BCUT2D eigenvalue weighted by molar-refractivity contribution is -0.696. The molecule has 0 atom stereocenters. The van der Waals surface area contributed by atoms with Crippen LogP contribution in [-0.4, -0.2) is 21.4 Å². The van der Waals surface area contributed by atoms with Gasteiger partial charge in [0.2, 0.25) is 6.33 Å². The van der Waals surface area contributed by atoms with Gasteiger partial charge in [-0.05, 0) is 19.3 Å². The molecule has 0 saturated heterocycles. The van der Waals surface area contributed by atoms with E-state index in [0.29, 0.717) is 18.2 Å². The Hall–Kier alpha value is -1.98. The number of fused-ring (bicyclic) bond motifs is 1. The van der Waals surface area contributed by atoms with Gasteiger partial charge in [-0.2, -0.15) is 0 Å². The van der Waals surface area contributed by atoms with Crippen LogP contribution in [0.1, 0.15) is 18.5 Å². The van der Waals surface area contributed by atoms with E-state index in [-0.39, 0.29) is 0 Å². The maximum absolute atomic E-state index is 6.06. The molecule has 0 aromatic carbocycles. The summed E-state index contributed by atoms with van der Waals surface area (Å²) in [5, 5.41) is 4.42. The van der Waals surface area contributed by atoms with Gasteiger partial charge in [0, 0.05) is 6.54 Å². The molecule has 3 N–H and O–H groups in total. The van der Waals surface area contributed by atoms with Gasteiger partial charge >= 0.3 is 0 Å². The highest BCUT2D eigenvalue weighted by Gasteiger charge is 2.19. The molecule has 0 spiro atoms. The Balaban J connectivity index is 1.64. The number of nitrogens with zero attached hydrogens (tertiary/aromatic N) is 3. The zero-order valence-corrected chi connectivity index (χ0v) is 10.3. The quantitative estimate of drug-likeness (QED) is 0.774. The molecule has 18 heavy (non-hydrogen) atoms. The Morgan fingerprint density at radius 2 is 2.44 bits per heavy atom. The van der Waals surface area contributed by atoms with E-state index in [9.17, 15) is 0 Å². The maximum atomic E-state index is 6.06. The predicted molar refractivity (Wildman–Crippen MR) is 66.1 cm³/mol. The summed E-state index contributed by atoms with van der Waals surface area (Å²) in [6.07, 6.45) is 9.11. The Labute approximate surface area is 105 Å². The molecular formula is C12H18N5O+. The molecule has 1 aliphatic heterocycles. The Bertz CT molecular complexity index is 517. The molecular weight excluding hydrogens is 230 g/mol. The second-order valence-corrected chi connectivity index (χ2v) is 4.54. The molecule has 3 heterocycles. The summed E-state index contributed by atoms with van der Waals surface area (Å²) in [6.45, 7) is 2.31. The third-order valence-electron chi connectivity index (χ3n) is 3.29. The zero-order chi connectivity index (χ0) is 12.4. The highest BCUT2D eigenvalue weighted by atomic mass is 16.5. The van der Waals surface area contributed by atoms with E-state index < -0.39 is 0 Å². The number of anilines is 1. The van der Waals surface area contributed by atoms with Crippen molar-refractivity contribution in [3.63, 3.8) is 0 Å². The summed E-state index contributed by atoms with van der Waals surface area (Å²) in [5.41, 5.74) is 7.91. The van der Waals surface area contributed by atoms with Crippen LogP contribution < -0.4 is 15.0 Å². The van der Waals surface area contributed by atoms with Crippen molar-refractivity contribution in [3.8, 4) is 5.88 Å². The highest BCUT2D eigenvalue weighted by Crippen LogP contribution is 2.28. The summed E-state index contributed by atoms with van der Waals surface area (Å²) in [5.74, 6) is 0.586. The van der Waals surface area contributed by atoms with Gasteiger partial charge in [-0.3, -0.25) is 9.67 Å². The molecule has 1 aliphatic rings. The van der Waals surface area contributed by atoms with E-state index in [1.54, 1.807) is 0 Å². The largest absolute Gasteiger partial charge is 0.471 e. The van der Waals surface area contributed by atoms with Gasteiger partial charge in [0.25, 0.3) is 5.88 Å². The summed E-state index contributed by atoms with van der Waals surface area (Å²) in [7, 11) is 0. The predicted octanol–water partition coefficient (Wildman–Crippen LogP) is 0.496. The normalized spacial score (nSPS) is 14.4. The van der Waals surface area contributed by atoms with Crippen molar-refractivity contribution >= 4 is 5.69 Å². The first-order chi connectivity index (χ1) is 8.84. The number of H-pyrrole nitrogens is 1. The van der Waals surface area contributed by atoms with Crippen molar-refractivity contribution in [2.75, 3.05) is 12.3 Å². The summed E-state index contributed by atoms with van der Waals surface area (Å²) in [6, 6.07) is 0. The number of aromatic nitrogens is 4. The molecule has 3 rings (SSSR count). The van der Waals surface area contributed by atoms with E-state index in [1.165, 1.54) is 12.8 Å². The molecule has 0 amide bonds. The number of hydrogen-bond acceptors (Lipinski definition) is 3. The number of imidazole rings is 1. The lowest BCUT2D eigenvalue weighted by Gasteiger charge is -2.12. The molecule has 2 aromatic rings. The van der Waals surface area contributed by atoms with Crippen molar-refractivity contribution in [1.82, 2.24) is 14.8 Å². The van der Waals surface area contributed by atoms with Gasteiger partial charge in [0.1, 0.15) is 31.2 Å². The molecule has 0 unspecified atom stereocenters. The number of ether oxygens (including phenoxy) is 1. The Morgan fingerprint density at radius 1 is 1.50 bits per heavy atom. The van der Waals surface area contributed by atoms with Crippen LogP contribution in [0.4, 0.5) is 5.69 Å². The average Bonchev–Trinajstić information content (AvgIpc) is 3.00. The molecule has 96 valence electrons. The molecule has 6 nitrogen and oxygen atoms in total. The van der Waals surface area contributed by atoms with E-state index >= 15 is 0 Å². The minimum atomic E-state index is 0.573. The third-order valence-corrected chi connectivity index (χ3v) is 3.29. The first kappa shape index (κ1) is 11.1. The fourth-order valence-electron chi connectivity index (χ4n) is 2.30. The number of nitrogens with one attached hydrogen (secondary N) is 1. The topological polar surface area (TPSA) is 72.7 Å². The van der Waals surface area contributed by atoms with Gasteiger partial charge in [-0.25, -0.2) is 4.57 Å². The number of nitrogen functional groups attached to an aromatic ring is 1. The maximum Gasteiger partial charge on any atom is 0.256 e. The molecule has 0 radical (unpaired) electrons. The van der Waals surface area contributed by atoms with E-state index in [1.807, 2.05) is 28.0 Å². The van der Waals surface area contributed by atoms with E-state index in [0.717, 1.165) is 25.2 Å². The van der Waals surface area contributed by atoms with Crippen molar-refractivity contribution in [3.05, 3.63) is 24.4 Å². The first-order valence-electron chi connectivity index (χ1n) is 6.34. The van der Waals surface area contributed by atoms with Crippen LogP contribution >= 0.6 is 0 Å². The number of aromatic amines is 1. The smallest absolute Gasteiger partial charge is 0.256 e. The highest BCUT2D eigenvalue weighted by molar-refractivity contribution is 5.53. The van der Waals surface area contributed by atoms with Gasteiger partial charge in [0.15, 0.2) is 0 Å². The Kier molecular flexibility index (Phi) is 2.92. The molecule has 0 fully saturated rings. The van der Waals surface area contributed by atoms with Gasteiger partial charge in [-0.1, -0.05) is 0 Å². The first-order valence-corrected chi connectivity index (χ1v) is 6.34. The van der Waals surface area contributed by atoms with Crippen LogP contribution in [0.3, 0.4) is 0 Å². The lowest BCUT2D eigenvalue weighted by Crippen LogP contribution is -2.33. The minimum Gasteiger partial charge on any atom is -0.471 e. The van der Waals surface area contributed by atoms with E-state index in [2.05, 4.69) is 10.1 Å². The monoisotopic (exact) mass is 248 g/mol. The second kappa shape index (κ2) is 4.72. The van der Waals surface area contributed by atoms with Gasteiger partial charge in [-0.15, -0.1) is 5.10 Å².